The molecular formula is C24H20O11. The van der Waals surface area contributed by atoms with E-state index in [1.807, 2.05) is 0 Å². The number of ether oxygens (including phenoxy) is 2. The fraction of sp³-hybridized carbons (Fsp3) is 0.250. The van der Waals surface area contributed by atoms with E-state index in [4.69, 9.17) is 18.3 Å². The highest BCUT2D eigenvalue weighted by atomic mass is 16.7. The van der Waals surface area contributed by atoms with Gasteiger partial charge in [0.15, 0.2) is 0 Å². The average molecular weight is 484 g/mol. The Balaban J connectivity index is 1.72. The first-order valence-electron chi connectivity index (χ1n) is 10.6. The van der Waals surface area contributed by atoms with Crippen molar-refractivity contribution in [1.29, 1.82) is 0 Å². The smallest absolute Gasteiger partial charge is 0.336 e. The number of phenolic OH excluding ortho intramolecular Hbond substituents is 1. The van der Waals surface area contributed by atoms with Crippen LogP contribution in [0.4, 0.5) is 0 Å². The molecule has 5 rings (SSSR count). The highest BCUT2D eigenvalue weighted by Crippen LogP contribution is 2.43. The van der Waals surface area contributed by atoms with E-state index in [0.29, 0.717) is 10.8 Å². The van der Waals surface area contributed by atoms with Gasteiger partial charge < -0.3 is 43.8 Å². The summed E-state index contributed by atoms with van der Waals surface area (Å²) < 4.78 is 21.9. The van der Waals surface area contributed by atoms with Crippen LogP contribution in [0.5, 0.6) is 11.5 Å². The standard InChI is InChI=1S/C24H20O11/c25-9-16-20(29)21(30)22(31)24(34-16)33-15-8-14-11(3-6-17(27)32-14)7-12(15)19-13(26)4-1-10-2-5-18(28)35-23(10)19/h1-8,16,20-22,24-26,29-31H,9H2. The van der Waals surface area contributed by atoms with E-state index in [1.54, 1.807) is 6.07 Å². The molecule has 5 N–H and O–H groups in total. The van der Waals surface area contributed by atoms with Crippen LogP contribution >= 0.6 is 0 Å². The van der Waals surface area contributed by atoms with Gasteiger partial charge in [-0.05, 0) is 30.3 Å². The van der Waals surface area contributed by atoms with Crippen molar-refractivity contribution in [3.8, 4) is 22.6 Å². The first-order valence-corrected chi connectivity index (χ1v) is 10.6. The zero-order chi connectivity index (χ0) is 24.9. The molecule has 11 heteroatoms. The molecule has 5 atom stereocenters. The van der Waals surface area contributed by atoms with Gasteiger partial charge >= 0.3 is 11.3 Å². The second-order valence-corrected chi connectivity index (χ2v) is 8.09. The van der Waals surface area contributed by atoms with Crippen LogP contribution in [0.2, 0.25) is 0 Å². The minimum Gasteiger partial charge on any atom is -0.507 e. The van der Waals surface area contributed by atoms with Gasteiger partial charge in [-0.1, -0.05) is 0 Å². The molecular weight excluding hydrogens is 464 g/mol. The third-order valence-electron chi connectivity index (χ3n) is 5.85. The third-order valence-corrected chi connectivity index (χ3v) is 5.85. The van der Waals surface area contributed by atoms with Crippen molar-refractivity contribution >= 4 is 21.9 Å². The molecule has 0 radical (unpaired) electrons. The highest BCUT2D eigenvalue weighted by molar-refractivity contribution is 5.99. The zero-order valence-electron chi connectivity index (χ0n) is 17.9. The molecule has 35 heavy (non-hydrogen) atoms. The molecule has 0 bridgehead atoms. The van der Waals surface area contributed by atoms with Gasteiger partial charge in [0.05, 0.1) is 12.2 Å². The second kappa shape index (κ2) is 8.80. The Bertz CT molecular complexity index is 1520. The van der Waals surface area contributed by atoms with Crippen molar-refractivity contribution < 1.29 is 43.8 Å². The molecule has 1 aliphatic heterocycles. The SMILES string of the molecule is O=c1ccc2cc(-c3c(O)ccc4ccc(=O)oc34)c(OC3OC(CO)C(O)C(O)C3O)cc2o1. The van der Waals surface area contributed by atoms with E-state index < -0.39 is 48.6 Å². The van der Waals surface area contributed by atoms with Gasteiger partial charge in [0.1, 0.15) is 47.1 Å². The number of aromatic hydroxyl groups is 1. The van der Waals surface area contributed by atoms with E-state index in [1.165, 1.54) is 42.5 Å². The summed E-state index contributed by atoms with van der Waals surface area (Å²) in [5.41, 5.74) is -0.890. The maximum atomic E-state index is 12.0. The molecule has 0 saturated carbocycles. The van der Waals surface area contributed by atoms with Gasteiger partial charge in [0.2, 0.25) is 6.29 Å². The van der Waals surface area contributed by atoms with Gasteiger partial charge in [-0.2, -0.15) is 0 Å². The Morgan fingerprint density at radius 2 is 1.51 bits per heavy atom. The zero-order valence-corrected chi connectivity index (χ0v) is 17.9. The minimum absolute atomic E-state index is 0.0490. The number of hydrogen-bond donors (Lipinski definition) is 5. The summed E-state index contributed by atoms with van der Waals surface area (Å²) in [5, 5.41) is 51.8. The summed E-state index contributed by atoms with van der Waals surface area (Å²) in [5.74, 6) is -0.340. The maximum Gasteiger partial charge on any atom is 0.336 e. The lowest BCUT2D eigenvalue weighted by Crippen LogP contribution is -2.60. The molecule has 0 spiro atoms. The van der Waals surface area contributed by atoms with E-state index in [2.05, 4.69) is 0 Å². The van der Waals surface area contributed by atoms with Crippen LogP contribution in [-0.2, 0) is 4.74 Å². The largest absolute Gasteiger partial charge is 0.507 e. The van der Waals surface area contributed by atoms with Crippen molar-refractivity contribution in [2.24, 2.45) is 0 Å². The van der Waals surface area contributed by atoms with Crippen molar-refractivity contribution in [2.75, 3.05) is 6.61 Å². The third kappa shape index (κ3) is 4.05. The number of fused-ring (bicyclic) bond motifs is 2. The topological polar surface area (TPSA) is 180 Å². The lowest BCUT2D eigenvalue weighted by Gasteiger charge is -2.39. The average Bonchev–Trinajstić information content (AvgIpc) is 2.84. The fourth-order valence-electron chi connectivity index (χ4n) is 4.06. The predicted molar refractivity (Wildman–Crippen MR) is 120 cm³/mol. The highest BCUT2D eigenvalue weighted by Gasteiger charge is 2.45. The Labute approximate surface area is 195 Å². The van der Waals surface area contributed by atoms with Crippen LogP contribution in [0.1, 0.15) is 0 Å². The van der Waals surface area contributed by atoms with Crippen LogP contribution in [0, 0.1) is 0 Å². The quantitative estimate of drug-likeness (QED) is 0.254. The van der Waals surface area contributed by atoms with Crippen molar-refractivity contribution in [3.63, 3.8) is 0 Å². The van der Waals surface area contributed by atoms with Gasteiger partial charge in [-0.25, -0.2) is 9.59 Å². The van der Waals surface area contributed by atoms with Crippen LogP contribution in [-0.4, -0.2) is 62.8 Å². The molecule has 1 aliphatic rings. The second-order valence-electron chi connectivity index (χ2n) is 8.09. The summed E-state index contributed by atoms with van der Waals surface area (Å²) in [6.45, 7) is -0.667. The lowest BCUT2D eigenvalue weighted by molar-refractivity contribution is -0.277. The molecule has 1 saturated heterocycles. The first-order chi connectivity index (χ1) is 16.8. The molecule has 0 amide bonds. The van der Waals surface area contributed by atoms with Crippen molar-refractivity contribution in [3.05, 3.63) is 69.4 Å². The van der Waals surface area contributed by atoms with Crippen LogP contribution in [0.3, 0.4) is 0 Å². The molecule has 11 nitrogen and oxygen atoms in total. The molecule has 0 aliphatic carbocycles. The fourth-order valence-corrected chi connectivity index (χ4v) is 4.06. The Morgan fingerprint density at radius 3 is 2.26 bits per heavy atom. The first kappa shape index (κ1) is 23.0. The summed E-state index contributed by atoms with van der Waals surface area (Å²) in [4.78, 5) is 23.7. The van der Waals surface area contributed by atoms with E-state index in [-0.39, 0.29) is 33.8 Å². The molecule has 2 aromatic carbocycles. The number of rotatable bonds is 4. The van der Waals surface area contributed by atoms with Crippen molar-refractivity contribution in [2.45, 2.75) is 30.7 Å². The van der Waals surface area contributed by atoms with Gasteiger partial charge in [-0.3, -0.25) is 0 Å². The molecule has 1 fully saturated rings. The molecule has 4 aromatic rings. The van der Waals surface area contributed by atoms with E-state index in [0.717, 1.165) is 0 Å². The molecule has 2 aromatic heterocycles. The Morgan fingerprint density at radius 1 is 0.829 bits per heavy atom. The maximum absolute atomic E-state index is 12.0. The van der Waals surface area contributed by atoms with Gasteiger partial charge in [0.25, 0.3) is 0 Å². The van der Waals surface area contributed by atoms with Crippen molar-refractivity contribution in [1.82, 2.24) is 0 Å². The minimum atomic E-state index is -1.72. The number of aliphatic hydroxyl groups is 4. The summed E-state index contributed by atoms with van der Waals surface area (Å²) in [6.07, 6.45) is -7.82. The van der Waals surface area contributed by atoms with Crippen LogP contribution < -0.4 is 16.0 Å². The summed E-state index contributed by atoms with van der Waals surface area (Å²) in [6, 6.07) is 11.2. The summed E-state index contributed by atoms with van der Waals surface area (Å²) in [7, 11) is 0. The Kier molecular flexibility index (Phi) is 5.79. The molecule has 3 heterocycles. The number of hydrogen-bond acceptors (Lipinski definition) is 11. The van der Waals surface area contributed by atoms with Gasteiger partial charge in [-0.15, -0.1) is 0 Å². The van der Waals surface area contributed by atoms with E-state index >= 15 is 0 Å². The molecule has 5 unspecified atom stereocenters. The van der Waals surface area contributed by atoms with E-state index in [9.17, 15) is 35.1 Å². The lowest BCUT2D eigenvalue weighted by atomic mass is 9.98. The number of phenols is 1. The normalized spacial score (nSPS) is 24.6. The number of benzene rings is 2. The monoisotopic (exact) mass is 484 g/mol. The van der Waals surface area contributed by atoms with Gasteiger partial charge in [0, 0.05) is 34.5 Å². The Hall–Kier alpha value is -3.74. The predicted octanol–water partition coefficient (Wildman–Crippen LogP) is 0.451. The van der Waals surface area contributed by atoms with Crippen LogP contribution in [0.25, 0.3) is 33.1 Å². The number of aliphatic hydroxyl groups excluding tert-OH is 4. The molecule has 182 valence electrons. The van der Waals surface area contributed by atoms with Crippen LogP contribution in [0.15, 0.2) is 67.0 Å². The summed E-state index contributed by atoms with van der Waals surface area (Å²) >= 11 is 0.